The monoisotopic (exact) mass is 356 g/mol. The van der Waals surface area contributed by atoms with Crippen molar-refractivity contribution in [2.45, 2.75) is 19.6 Å². The van der Waals surface area contributed by atoms with E-state index >= 15 is 0 Å². The number of nitrogens with zero attached hydrogens (tertiary/aromatic N) is 2. The molecule has 3 heterocycles. The molecule has 3 aromatic rings. The van der Waals surface area contributed by atoms with Crippen LogP contribution in [-0.4, -0.2) is 36.2 Å². The molecule has 5 nitrogen and oxygen atoms in total. The Morgan fingerprint density at radius 3 is 2.84 bits per heavy atom. The number of hydrogen-bond acceptors (Lipinski definition) is 6. The molecular weight excluding hydrogens is 336 g/mol. The van der Waals surface area contributed by atoms with Crippen LogP contribution in [0.1, 0.15) is 11.5 Å². The van der Waals surface area contributed by atoms with Gasteiger partial charge in [0.2, 0.25) is 0 Å². The summed E-state index contributed by atoms with van der Waals surface area (Å²) in [6, 6.07) is 11.7. The number of ether oxygens (including phenoxy) is 2. The highest BCUT2D eigenvalue weighted by atomic mass is 32.1. The quantitative estimate of drug-likeness (QED) is 0.692. The fourth-order valence-corrected chi connectivity index (χ4v) is 3.65. The van der Waals surface area contributed by atoms with Gasteiger partial charge in [-0.25, -0.2) is 4.98 Å². The molecule has 0 N–H and O–H groups in total. The maximum Gasteiger partial charge on any atom is 0.162 e. The molecule has 1 atom stereocenters. The number of likely N-dealkylation sites (N-methyl/N-ethyl adjacent to an activating group) is 1. The SMILES string of the molecule is Cc1ccc(-c2nc(CN(C)CC3COc4ccccc4O3)cs2)o1. The third-order valence-corrected chi connectivity index (χ3v) is 4.92. The van der Waals surface area contributed by atoms with Crippen molar-refractivity contribution in [3.05, 3.63) is 53.2 Å². The van der Waals surface area contributed by atoms with Crippen LogP contribution < -0.4 is 9.47 Å². The number of aryl methyl sites for hydroxylation is 1. The summed E-state index contributed by atoms with van der Waals surface area (Å²) in [5.74, 6) is 3.37. The van der Waals surface area contributed by atoms with Crippen LogP contribution in [0.15, 0.2) is 46.2 Å². The number of benzene rings is 1. The second kappa shape index (κ2) is 6.90. The number of rotatable bonds is 5. The molecule has 0 spiro atoms. The molecule has 0 saturated carbocycles. The summed E-state index contributed by atoms with van der Waals surface area (Å²) in [6.45, 7) is 4.05. The molecule has 25 heavy (non-hydrogen) atoms. The van der Waals surface area contributed by atoms with Gasteiger partial charge in [-0.05, 0) is 38.2 Å². The molecule has 130 valence electrons. The maximum atomic E-state index is 6.02. The molecule has 0 radical (unpaired) electrons. The van der Waals surface area contributed by atoms with Crippen molar-refractivity contribution in [2.24, 2.45) is 0 Å². The summed E-state index contributed by atoms with van der Waals surface area (Å²) < 4.78 is 17.4. The lowest BCUT2D eigenvalue weighted by Crippen LogP contribution is -2.39. The Balaban J connectivity index is 1.35. The number of para-hydroxylation sites is 2. The normalized spacial score (nSPS) is 16.4. The molecule has 0 aliphatic carbocycles. The molecule has 4 rings (SSSR count). The molecule has 0 amide bonds. The zero-order valence-corrected chi connectivity index (χ0v) is 15.1. The minimum Gasteiger partial charge on any atom is -0.486 e. The van der Waals surface area contributed by atoms with Gasteiger partial charge in [0.15, 0.2) is 22.3 Å². The maximum absolute atomic E-state index is 6.02. The molecule has 0 fully saturated rings. The van der Waals surface area contributed by atoms with Crippen molar-refractivity contribution >= 4 is 11.3 Å². The molecule has 0 bridgehead atoms. The zero-order chi connectivity index (χ0) is 17.2. The van der Waals surface area contributed by atoms with Crippen LogP contribution in [-0.2, 0) is 6.54 Å². The first-order valence-electron chi connectivity index (χ1n) is 8.25. The number of thiazole rings is 1. The van der Waals surface area contributed by atoms with E-state index in [2.05, 4.69) is 22.3 Å². The second-order valence-corrected chi connectivity index (χ2v) is 7.11. The zero-order valence-electron chi connectivity index (χ0n) is 14.3. The Labute approximate surface area is 150 Å². The van der Waals surface area contributed by atoms with Gasteiger partial charge in [-0.15, -0.1) is 11.3 Å². The van der Waals surface area contributed by atoms with Crippen LogP contribution >= 0.6 is 11.3 Å². The molecule has 6 heteroatoms. The third kappa shape index (κ3) is 3.70. The van der Waals surface area contributed by atoms with Gasteiger partial charge in [0.1, 0.15) is 18.5 Å². The Hall–Kier alpha value is -2.31. The molecule has 1 aromatic carbocycles. The Bertz CT molecular complexity index is 858. The van der Waals surface area contributed by atoms with Gasteiger partial charge in [0.05, 0.1) is 5.69 Å². The van der Waals surface area contributed by atoms with E-state index in [-0.39, 0.29) is 6.10 Å². The van der Waals surface area contributed by atoms with Crippen molar-refractivity contribution in [1.82, 2.24) is 9.88 Å². The van der Waals surface area contributed by atoms with Crippen molar-refractivity contribution in [3.63, 3.8) is 0 Å². The lowest BCUT2D eigenvalue weighted by molar-refractivity contribution is 0.0636. The van der Waals surface area contributed by atoms with E-state index in [9.17, 15) is 0 Å². The number of aromatic nitrogens is 1. The van der Waals surface area contributed by atoms with E-state index < -0.39 is 0 Å². The molecule has 1 aliphatic heterocycles. The van der Waals surface area contributed by atoms with Crippen molar-refractivity contribution in [3.8, 4) is 22.3 Å². The van der Waals surface area contributed by atoms with Gasteiger partial charge in [-0.2, -0.15) is 0 Å². The van der Waals surface area contributed by atoms with E-state index in [1.165, 1.54) is 0 Å². The largest absolute Gasteiger partial charge is 0.486 e. The summed E-state index contributed by atoms with van der Waals surface area (Å²) >= 11 is 1.61. The minimum atomic E-state index is 0.0192. The van der Waals surface area contributed by atoms with Crippen LogP contribution in [0, 0.1) is 6.92 Å². The van der Waals surface area contributed by atoms with Gasteiger partial charge in [0, 0.05) is 18.5 Å². The molecular formula is C19H20N2O3S. The average Bonchev–Trinajstić information content (AvgIpc) is 3.23. The number of furan rings is 1. The van der Waals surface area contributed by atoms with E-state index in [1.54, 1.807) is 11.3 Å². The van der Waals surface area contributed by atoms with Crippen molar-refractivity contribution < 1.29 is 13.9 Å². The van der Waals surface area contributed by atoms with Gasteiger partial charge >= 0.3 is 0 Å². The average molecular weight is 356 g/mol. The predicted molar refractivity (Wildman–Crippen MR) is 97.2 cm³/mol. The highest BCUT2D eigenvalue weighted by molar-refractivity contribution is 7.13. The van der Waals surface area contributed by atoms with Crippen LogP contribution in [0.4, 0.5) is 0 Å². The van der Waals surface area contributed by atoms with Crippen molar-refractivity contribution in [1.29, 1.82) is 0 Å². The minimum absolute atomic E-state index is 0.0192. The summed E-state index contributed by atoms with van der Waals surface area (Å²) in [4.78, 5) is 6.88. The fourth-order valence-electron chi connectivity index (χ4n) is 2.88. The van der Waals surface area contributed by atoms with Gasteiger partial charge < -0.3 is 13.9 Å². The van der Waals surface area contributed by atoms with Crippen LogP contribution in [0.5, 0.6) is 11.5 Å². The first-order valence-corrected chi connectivity index (χ1v) is 9.13. The lowest BCUT2D eigenvalue weighted by atomic mass is 10.2. The molecule has 0 saturated heterocycles. The second-order valence-electron chi connectivity index (χ2n) is 6.25. The highest BCUT2D eigenvalue weighted by Crippen LogP contribution is 2.31. The molecule has 1 aliphatic rings. The summed E-state index contributed by atoms with van der Waals surface area (Å²) in [6.07, 6.45) is 0.0192. The van der Waals surface area contributed by atoms with E-state index in [4.69, 9.17) is 13.9 Å². The first kappa shape index (κ1) is 16.2. The summed E-state index contributed by atoms with van der Waals surface area (Å²) in [5.41, 5.74) is 1.04. The lowest BCUT2D eigenvalue weighted by Gasteiger charge is -2.29. The standard InChI is InChI=1S/C19H20N2O3S/c1-13-7-8-18(23-13)19-20-14(12-25-19)9-21(2)10-15-11-22-16-5-3-4-6-17(16)24-15/h3-8,12,15H,9-11H2,1-2H3. The topological polar surface area (TPSA) is 47.7 Å². The molecule has 1 unspecified atom stereocenters. The Kier molecular flexibility index (Phi) is 4.46. The highest BCUT2D eigenvalue weighted by Gasteiger charge is 2.22. The van der Waals surface area contributed by atoms with Gasteiger partial charge in [-0.3, -0.25) is 4.90 Å². The third-order valence-electron chi connectivity index (χ3n) is 4.02. The first-order chi connectivity index (χ1) is 12.2. The summed E-state index contributed by atoms with van der Waals surface area (Å²) in [7, 11) is 2.07. The van der Waals surface area contributed by atoms with Crippen LogP contribution in [0.25, 0.3) is 10.8 Å². The van der Waals surface area contributed by atoms with Crippen molar-refractivity contribution in [2.75, 3.05) is 20.2 Å². The Morgan fingerprint density at radius 2 is 2.04 bits per heavy atom. The van der Waals surface area contributed by atoms with Crippen LogP contribution in [0.3, 0.4) is 0 Å². The van der Waals surface area contributed by atoms with E-state index in [0.717, 1.165) is 46.8 Å². The van der Waals surface area contributed by atoms with E-state index in [1.807, 2.05) is 43.3 Å². The smallest absolute Gasteiger partial charge is 0.162 e. The number of fused-ring (bicyclic) bond motifs is 1. The Morgan fingerprint density at radius 1 is 1.20 bits per heavy atom. The number of hydrogen-bond donors (Lipinski definition) is 0. The summed E-state index contributed by atoms with van der Waals surface area (Å²) in [5, 5.41) is 3.00. The van der Waals surface area contributed by atoms with Crippen LogP contribution in [0.2, 0.25) is 0 Å². The molecule has 2 aromatic heterocycles. The fraction of sp³-hybridized carbons (Fsp3) is 0.316. The van der Waals surface area contributed by atoms with E-state index in [0.29, 0.717) is 6.61 Å². The van der Waals surface area contributed by atoms with Gasteiger partial charge in [-0.1, -0.05) is 12.1 Å². The van der Waals surface area contributed by atoms with Gasteiger partial charge in [0.25, 0.3) is 0 Å². The predicted octanol–water partition coefficient (Wildman–Crippen LogP) is 3.98.